The number of sulfonamides is 1. The number of carbonyl (C=O) groups is 2. The summed E-state index contributed by atoms with van der Waals surface area (Å²) >= 11 is 1.26. The number of hydrogen-bond donors (Lipinski definition) is 0. The average molecular weight is 775 g/mol. The Hall–Kier alpha value is -4.16. The van der Waals surface area contributed by atoms with Gasteiger partial charge in [-0.3, -0.25) is 13.9 Å². The monoisotopic (exact) mass is 774 g/mol. The molecule has 0 aromatic heterocycles. The van der Waals surface area contributed by atoms with Crippen LogP contribution < -0.4 is 19.0 Å². The minimum absolute atomic E-state index is 0.00734. The highest BCUT2D eigenvalue weighted by Crippen LogP contribution is 2.46. The Morgan fingerprint density at radius 1 is 0.722 bits per heavy atom. The van der Waals surface area contributed by atoms with Crippen LogP contribution in [0.2, 0.25) is 0 Å². The van der Waals surface area contributed by atoms with E-state index in [0.717, 1.165) is 38.7 Å². The second-order valence-corrected chi connectivity index (χ2v) is 20.3. The third kappa shape index (κ3) is 8.70. The zero-order valence-corrected chi connectivity index (χ0v) is 35.3. The first-order valence-corrected chi connectivity index (χ1v) is 20.4. The first kappa shape index (κ1) is 42.6. The average Bonchev–Trinajstić information content (AvgIpc) is 3.10. The van der Waals surface area contributed by atoms with Crippen molar-refractivity contribution in [3.8, 4) is 0 Å². The summed E-state index contributed by atoms with van der Waals surface area (Å²) < 4.78 is 31.9. The first-order valence-electron chi connectivity index (χ1n) is 18.2. The topological polar surface area (TPSA) is 134 Å². The lowest BCUT2D eigenvalue weighted by Gasteiger charge is -2.42. The molecule has 0 unspecified atom stereocenters. The van der Waals surface area contributed by atoms with Gasteiger partial charge in [0.05, 0.1) is 16.3 Å². The summed E-state index contributed by atoms with van der Waals surface area (Å²) in [4.78, 5) is 49.0. The third-order valence-electron chi connectivity index (χ3n) is 10.4. The molecule has 54 heavy (non-hydrogen) atoms. The zero-order chi connectivity index (χ0) is 40.6. The fourth-order valence-electron chi connectivity index (χ4n) is 7.26. The number of rotatable bonds is 10. The van der Waals surface area contributed by atoms with Crippen LogP contribution in [0.1, 0.15) is 118 Å². The van der Waals surface area contributed by atoms with E-state index in [1.54, 1.807) is 54.6 Å². The molecule has 1 aliphatic carbocycles. The van der Waals surface area contributed by atoms with Crippen molar-refractivity contribution >= 4 is 57.3 Å². The normalized spacial score (nSPS) is 16.1. The standard InChI is InChI=1S/C42H54N4O6S2/c1-13-29-30(14-2)36(46(26-38(48)44-50)54(51,52)28-16-18-32-34(24-28)42(11,12)22-21-41(32,9)10)20-19-35(29)45(25-37(47)43-49)53-27-15-17-31(39(3,4)5)33(23-27)40(6,7)8/h13-20,23-24H,21-22,25-26H2,1-12H3/b29-13+,30-14+. The van der Waals surface area contributed by atoms with Gasteiger partial charge in [-0.25, -0.2) is 8.42 Å². The van der Waals surface area contributed by atoms with E-state index in [2.05, 4.69) is 91.7 Å². The lowest BCUT2D eigenvalue weighted by atomic mass is 9.63. The fraction of sp³-hybridized carbons (Fsp3) is 0.476. The number of fused-ring (bicyclic) bond motifs is 1. The molecule has 3 aromatic rings. The van der Waals surface area contributed by atoms with Crippen molar-refractivity contribution in [3.05, 3.63) is 91.0 Å². The molecule has 290 valence electrons. The van der Waals surface area contributed by atoms with E-state index in [0.29, 0.717) is 16.1 Å². The van der Waals surface area contributed by atoms with Crippen LogP contribution >= 0.6 is 11.9 Å². The van der Waals surface area contributed by atoms with Crippen LogP contribution in [0.3, 0.4) is 0 Å². The van der Waals surface area contributed by atoms with Crippen LogP contribution in [-0.4, -0.2) is 33.3 Å². The van der Waals surface area contributed by atoms with Crippen molar-refractivity contribution in [2.24, 2.45) is 10.4 Å². The highest BCUT2D eigenvalue weighted by Gasteiger charge is 2.39. The second-order valence-electron chi connectivity index (χ2n) is 17.3. The van der Waals surface area contributed by atoms with Crippen molar-refractivity contribution in [2.75, 3.05) is 21.7 Å². The van der Waals surface area contributed by atoms with E-state index in [-0.39, 0.29) is 38.8 Å². The molecule has 0 bridgehead atoms. The number of benzene rings is 3. The molecule has 4 rings (SSSR count). The van der Waals surface area contributed by atoms with Gasteiger partial charge >= 0.3 is 11.8 Å². The van der Waals surface area contributed by atoms with Crippen LogP contribution in [0, 0.1) is 9.81 Å². The Bertz CT molecular complexity index is 2210. The number of hydrogen-bond acceptors (Lipinski definition) is 8. The molecule has 0 atom stereocenters. The van der Waals surface area contributed by atoms with Gasteiger partial charge in [-0.2, -0.15) is 0 Å². The molecule has 10 nitrogen and oxygen atoms in total. The van der Waals surface area contributed by atoms with Gasteiger partial charge in [0.15, 0.2) is 0 Å². The number of anilines is 2. The molecular weight excluding hydrogens is 721 g/mol. The van der Waals surface area contributed by atoms with Gasteiger partial charge in [-0.1, -0.05) is 93.5 Å². The van der Waals surface area contributed by atoms with E-state index in [4.69, 9.17) is 0 Å². The molecule has 3 aromatic carbocycles. The fourth-order valence-corrected chi connectivity index (χ4v) is 9.71. The molecule has 1 aliphatic rings. The smallest absolute Gasteiger partial charge is 0.302 e. The van der Waals surface area contributed by atoms with Gasteiger partial charge in [-0.05, 0) is 119 Å². The number of carbonyl (C=O) groups excluding carboxylic acids is 2. The molecule has 0 spiro atoms. The minimum Gasteiger partial charge on any atom is -0.302 e. The van der Waals surface area contributed by atoms with E-state index < -0.39 is 28.4 Å². The van der Waals surface area contributed by atoms with Crippen LogP contribution in [0.5, 0.6) is 0 Å². The Morgan fingerprint density at radius 2 is 1.24 bits per heavy atom. The second kappa shape index (κ2) is 15.5. The first-order chi connectivity index (χ1) is 24.9. The molecule has 0 radical (unpaired) electrons. The summed E-state index contributed by atoms with van der Waals surface area (Å²) in [7, 11) is -4.43. The maximum absolute atomic E-state index is 14.7. The van der Waals surface area contributed by atoms with Crippen molar-refractivity contribution in [1.82, 2.24) is 0 Å². The molecule has 0 N–H and O–H groups in total. The lowest BCUT2D eigenvalue weighted by Crippen LogP contribution is -2.43. The lowest BCUT2D eigenvalue weighted by molar-refractivity contribution is -0.117. The molecule has 0 aliphatic heterocycles. The minimum atomic E-state index is -4.43. The Morgan fingerprint density at radius 3 is 1.78 bits per heavy atom. The van der Waals surface area contributed by atoms with Crippen molar-refractivity contribution in [2.45, 2.75) is 127 Å². The van der Waals surface area contributed by atoms with Crippen LogP contribution in [0.25, 0.3) is 12.2 Å². The van der Waals surface area contributed by atoms with Crippen LogP contribution in [0.15, 0.2) is 68.7 Å². The summed E-state index contributed by atoms with van der Waals surface area (Å²) in [5, 5.41) is 6.20. The van der Waals surface area contributed by atoms with Gasteiger partial charge < -0.3 is 4.31 Å². The largest absolute Gasteiger partial charge is 0.306 e. The van der Waals surface area contributed by atoms with E-state index in [1.807, 2.05) is 12.1 Å². The van der Waals surface area contributed by atoms with E-state index >= 15 is 0 Å². The molecular formula is C42H54N4O6S2. The molecule has 0 saturated heterocycles. The van der Waals surface area contributed by atoms with Gasteiger partial charge in [0, 0.05) is 25.7 Å². The van der Waals surface area contributed by atoms with Crippen molar-refractivity contribution in [3.63, 3.8) is 0 Å². The Labute approximate surface area is 324 Å². The predicted octanol–water partition coefficient (Wildman–Crippen LogP) is 8.53. The summed E-state index contributed by atoms with van der Waals surface area (Å²) in [5.41, 5.74) is 4.26. The van der Waals surface area contributed by atoms with Crippen molar-refractivity contribution in [1.29, 1.82) is 0 Å². The highest BCUT2D eigenvalue weighted by atomic mass is 32.2. The summed E-state index contributed by atoms with van der Waals surface area (Å²) in [5.74, 6) is -2.04. The van der Waals surface area contributed by atoms with Gasteiger partial charge in [0.25, 0.3) is 10.0 Å². The van der Waals surface area contributed by atoms with E-state index in [9.17, 15) is 27.8 Å². The number of amides is 2. The molecule has 0 heterocycles. The maximum Gasteiger partial charge on any atom is 0.306 e. The summed E-state index contributed by atoms with van der Waals surface area (Å²) in [6.45, 7) is 23.7. The van der Waals surface area contributed by atoms with Gasteiger partial charge in [0.1, 0.15) is 13.1 Å². The highest BCUT2D eigenvalue weighted by molar-refractivity contribution is 8.00. The number of nitroso groups, excluding NO2 is 2. The van der Waals surface area contributed by atoms with Crippen molar-refractivity contribution < 1.29 is 18.0 Å². The third-order valence-corrected chi connectivity index (χ3v) is 13.1. The van der Waals surface area contributed by atoms with Gasteiger partial charge in [-0.15, -0.1) is 9.81 Å². The summed E-state index contributed by atoms with van der Waals surface area (Å²) in [6, 6.07) is 14.5. The number of nitrogens with zero attached hydrogens (tertiary/aromatic N) is 4. The molecule has 12 heteroatoms. The quantitative estimate of drug-likeness (QED) is 0.148. The van der Waals surface area contributed by atoms with Crippen LogP contribution in [0.4, 0.5) is 11.4 Å². The SMILES string of the molecule is C/C=c1/c(N(CC(=O)N=O)Sc2ccc(C(C)(C)C)c(C(C)(C)C)c2)ccc(N(CC(=O)N=O)S(=O)(=O)c2ccc3c(c2)C(C)(C)CCC3(C)C)/c1=C/C. The van der Waals surface area contributed by atoms with Crippen LogP contribution in [-0.2, 0) is 41.3 Å². The molecule has 0 saturated carbocycles. The summed E-state index contributed by atoms with van der Waals surface area (Å²) in [6.07, 6.45) is 5.31. The molecule has 2 amide bonds. The zero-order valence-electron chi connectivity index (χ0n) is 33.7. The van der Waals surface area contributed by atoms with Gasteiger partial charge in [0.2, 0.25) is 0 Å². The van der Waals surface area contributed by atoms with E-state index in [1.165, 1.54) is 17.5 Å². The Kier molecular flexibility index (Phi) is 12.2. The molecule has 0 fully saturated rings. The predicted molar refractivity (Wildman–Crippen MR) is 221 cm³/mol. The Balaban J connectivity index is 1.94. The maximum atomic E-state index is 14.7.